The van der Waals surface area contributed by atoms with E-state index in [4.69, 9.17) is 11.6 Å². The second-order valence-corrected chi connectivity index (χ2v) is 5.41. The minimum atomic E-state index is 0.596. The molecule has 0 aromatic carbocycles. The van der Waals surface area contributed by atoms with Gasteiger partial charge >= 0.3 is 0 Å². The summed E-state index contributed by atoms with van der Waals surface area (Å²) < 4.78 is 0. The molecule has 0 radical (unpaired) electrons. The van der Waals surface area contributed by atoms with Gasteiger partial charge in [-0.1, -0.05) is 38.8 Å². The Balaban J connectivity index is 2.82. The van der Waals surface area contributed by atoms with Crippen LogP contribution in [0.25, 0.3) is 0 Å². The van der Waals surface area contributed by atoms with Gasteiger partial charge in [-0.2, -0.15) is 0 Å². The molecule has 16 heavy (non-hydrogen) atoms. The van der Waals surface area contributed by atoms with Crippen LogP contribution >= 0.6 is 23.4 Å². The molecule has 1 heterocycles. The molecule has 0 aliphatic rings. The Labute approximate surface area is 107 Å². The van der Waals surface area contributed by atoms with Gasteiger partial charge in [0.2, 0.25) is 0 Å². The number of rotatable bonds is 5. The summed E-state index contributed by atoms with van der Waals surface area (Å²) in [4.78, 5) is 8.77. The van der Waals surface area contributed by atoms with Crippen LogP contribution in [0.5, 0.6) is 0 Å². The molecule has 4 heteroatoms. The fourth-order valence-electron chi connectivity index (χ4n) is 1.15. The molecule has 0 bridgehead atoms. The molecule has 0 saturated heterocycles. The van der Waals surface area contributed by atoms with Crippen molar-refractivity contribution in [2.24, 2.45) is 5.92 Å². The minimum Gasteiger partial charge on any atom is -0.226 e. The van der Waals surface area contributed by atoms with Gasteiger partial charge in [-0.25, -0.2) is 9.97 Å². The van der Waals surface area contributed by atoms with E-state index < -0.39 is 0 Å². The average Bonchev–Trinajstić information content (AvgIpc) is 2.30. The van der Waals surface area contributed by atoms with Crippen LogP contribution in [-0.2, 0) is 6.42 Å². The number of hydrogen-bond acceptors (Lipinski definition) is 3. The van der Waals surface area contributed by atoms with Crippen molar-refractivity contribution in [3.8, 4) is 0 Å². The number of aromatic nitrogens is 2. The van der Waals surface area contributed by atoms with Gasteiger partial charge in [0.15, 0.2) is 0 Å². The van der Waals surface area contributed by atoms with E-state index in [9.17, 15) is 0 Å². The van der Waals surface area contributed by atoms with Crippen LogP contribution in [0, 0.1) is 12.8 Å². The lowest BCUT2D eigenvalue weighted by Gasteiger charge is -2.10. The molecule has 90 valence electrons. The largest absolute Gasteiger partial charge is 0.226 e. The van der Waals surface area contributed by atoms with Crippen molar-refractivity contribution in [2.45, 2.75) is 45.6 Å². The first kappa shape index (κ1) is 13.8. The second-order valence-electron chi connectivity index (χ2n) is 4.04. The van der Waals surface area contributed by atoms with Crippen molar-refractivity contribution < 1.29 is 0 Å². The third kappa shape index (κ3) is 3.63. The Hall–Kier alpha value is -0.280. The van der Waals surface area contributed by atoms with Crippen molar-refractivity contribution >= 4 is 23.4 Å². The fourth-order valence-corrected chi connectivity index (χ4v) is 2.55. The van der Waals surface area contributed by atoms with Crippen LogP contribution in [0.4, 0.5) is 0 Å². The van der Waals surface area contributed by atoms with Gasteiger partial charge in [-0.15, -0.1) is 11.8 Å². The highest BCUT2D eigenvalue weighted by Crippen LogP contribution is 2.27. The number of thioether (sulfide) groups is 1. The maximum Gasteiger partial charge on any atom is 0.136 e. The highest BCUT2D eigenvalue weighted by molar-refractivity contribution is 7.99. The summed E-state index contributed by atoms with van der Waals surface area (Å²) in [6.07, 6.45) is 2.03. The lowest BCUT2D eigenvalue weighted by molar-refractivity contribution is 0.636. The van der Waals surface area contributed by atoms with Gasteiger partial charge < -0.3 is 0 Å². The molecule has 1 aromatic rings. The summed E-state index contributed by atoms with van der Waals surface area (Å²) >= 11 is 7.87. The maximum absolute atomic E-state index is 6.08. The lowest BCUT2D eigenvalue weighted by atomic mass is 10.2. The molecule has 0 amide bonds. The van der Waals surface area contributed by atoms with E-state index in [1.54, 1.807) is 11.8 Å². The van der Waals surface area contributed by atoms with Crippen LogP contribution in [0.3, 0.4) is 0 Å². The number of hydrogen-bond donors (Lipinski definition) is 0. The Bertz CT molecular complexity index is 355. The van der Waals surface area contributed by atoms with Crippen molar-refractivity contribution in [3.63, 3.8) is 0 Å². The van der Waals surface area contributed by atoms with Crippen LogP contribution < -0.4 is 0 Å². The van der Waals surface area contributed by atoms with Gasteiger partial charge in [0, 0.05) is 17.7 Å². The topological polar surface area (TPSA) is 25.8 Å². The Morgan fingerprint density at radius 2 is 2.00 bits per heavy atom. The SMILES string of the molecule is CCc1nc(Cl)c(C)c(SCC(C)CC)n1. The highest BCUT2D eigenvalue weighted by Gasteiger charge is 2.10. The number of halogens is 1. The first-order chi connectivity index (χ1) is 7.58. The first-order valence-electron chi connectivity index (χ1n) is 5.74. The van der Waals surface area contributed by atoms with Crippen molar-refractivity contribution in [2.75, 3.05) is 5.75 Å². The molecular weight excluding hydrogens is 240 g/mol. The van der Waals surface area contributed by atoms with Crippen LogP contribution in [0.1, 0.15) is 38.6 Å². The van der Waals surface area contributed by atoms with Gasteiger partial charge in [0.25, 0.3) is 0 Å². The maximum atomic E-state index is 6.08. The van der Waals surface area contributed by atoms with Crippen molar-refractivity contribution in [1.29, 1.82) is 0 Å². The molecule has 1 rings (SSSR count). The second kappa shape index (κ2) is 6.45. The summed E-state index contributed by atoms with van der Waals surface area (Å²) in [5, 5.41) is 1.63. The molecule has 0 saturated carbocycles. The zero-order valence-electron chi connectivity index (χ0n) is 10.4. The van der Waals surface area contributed by atoms with E-state index in [0.29, 0.717) is 11.1 Å². The van der Waals surface area contributed by atoms with Gasteiger partial charge in [-0.05, 0) is 12.8 Å². The summed E-state index contributed by atoms with van der Waals surface area (Å²) in [6, 6.07) is 0. The first-order valence-corrected chi connectivity index (χ1v) is 7.10. The molecular formula is C12H19ClN2S. The summed E-state index contributed by atoms with van der Waals surface area (Å²) in [6.45, 7) is 8.50. The Morgan fingerprint density at radius 1 is 1.31 bits per heavy atom. The Kier molecular flexibility index (Phi) is 5.56. The van der Waals surface area contributed by atoms with E-state index in [2.05, 4.69) is 23.8 Å². The molecule has 1 atom stereocenters. The predicted molar refractivity (Wildman–Crippen MR) is 71.3 cm³/mol. The third-order valence-corrected chi connectivity index (χ3v) is 4.38. The van der Waals surface area contributed by atoms with Crippen LogP contribution in [0.15, 0.2) is 5.03 Å². The zero-order chi connectivity index (χ0) is 12.1. The van der Waals surface area contributed by atoms with Crippen molar-refractivity contribution in [1.82, 2.24) is 9.97 Å². The lowest BCUT2D eigenvalue weighted by Crippen LogP contribution is -2.01. The quantitative estimate of drug-likeness (QED) is 0.586. The molecule has 1 aromatic heterocycles. The van der Waals surface area contributed by atoms with E-state index in [-0.39, 0.29) is 0 Å². The van der Waals surface area contributed by atoms with E-state index in [1.165, 1.54) is 6.42 Å². The van der Waals surface area contributed by atoms with E-state index >= 15 is 0 Å². The third-order valence-electron chi connectivity index (χ3n) is 2.61. The smallest absolute Gasteiger partial charge is 0.136 e. The van der Waals surface area contributed by atoms with E-state index in [1.807, 2.05) is 13.8 Å². The minimum absolute atomic E-state index is 0.596. The highest BCUT2D eigenvalue weighted by atomic mass is 35.5. The molecule has 0 N–H and O–H groups in total. The monoisotopic (exact) mass is 258 g/mol. The number of nitrogens with zero attached hydrogens (tertiary/aromatic N) is 2. The van der Waals surface area contributed by atoms with Gasteiger partial charge in [-0.3, -0.25) is 0 Å². The fraction of sp³-hybridized carbons (Fsp3) is 0.667. The summed E-state index contributed by atoms with van der Waals surface area (Å²) in [7, 11) is 0. The average molecular weight is 259 g/mol. The van der Waals surface area contributed by atoms with Crippen molar-refractivity contribution in [3.05, 3.63) is 16.5 Å². The molecule has 2 nitrogen and oxygen atoms in total. The van der Waals surface area contributed by atoms with E-state index in [0.717, 1.165) is 28.6 Å². The molecule has 1 unspecified atom stereocenters. The molecule has 0 aliphatic heterocycles. The standard InChI is InChI=1S/C12H19ClN2S/c1-5-8(3)7-16-12-9(4)11(13)14-10(6-2)15-12/h8H,5-7H2,1-4H3. The predicted octanol–water partition coefficient (Wildman–Crippen LogP) is 4.14. The Morgan fingerprint density at radius 3 is 2.56 bits per heavy atom. The number of aryl methyl sites for hydroxylation is 1. The summed E-state index contributed by atoms with van der Waals surface area (Å²) in [5.74, 6) is 2.64. The van der Waals surface area contributed by atoms with Crippen LogP contribution in [-0.4, -0.2) is 15.7 Å². The molecule has 0 aliphatic carbocycles. The van der Waals surface area contributed by atoms with Crippen LogP contribution in [0.2, 0.25) is 5.15 Å². The molecule has 0 spiro atoms. The zero-order valence-corrected chi connectivity index (χ0v) is 12.0. The van der Waals surface area contributed by atoms with Gasteiger partial charge in [0.05, 0.1) is 0 Å². The molecule has 0 fully saturated rings. The van der Waals surface area contributed by atoms with Gasteiger partial charge in [0.1, 0.15) is 16.0 Å². The normalized spacial score (nSPS) is 12.8. The summed E-state index contributed by atoms with van der Waals surface area (Å²) in [5.41, 5.74) is 1.01.